The summed E-state index contributed by atoms with van der Waals surface area (Å²) in [6, 6.07) is 1.20. The van der Waals surface area contributed by atoms with E-state index in [4.69, 9.17) is 4.74 Å². The Morgan fingerprint density at radius 1 is 1.45 bits per heavy atom. The van der Waals surface area contributed by atoms with Crippen LogP contribution >= 0.6 is 0 Å². The molecular weight excluding hydrogens is 258 g/mol. The summed E-state index contributed by atoms with van der Waals surface area (Å²) in [6.45, 7) is 0. The highest BCUT2D eigenvalue weighted by Crippen LogP contribution is 2.23. The highest BCUT2D eigenvalue weighted by atomic mass is 16.5. The van der Waals surface area contributed by atoms with Crippen molar-refractivity contribution in [2.24, 2.45) is 7.05 Å². The fourth-order valence-electron chi connectivity index (χ4n) is 1.90. The second kappa shape index (κ2) is 6.16. The van der Waals surface area contributed by atoms with Crippen LogP contribution in [0.3, 0.4) is 0 Å². The number of rotatable bonds is 5. The zero-order valence-electron chi connectivity index (χ0n) is 11.6. The molecule has 1 atom stereocenters. The second-order valence-electron chi connectivity index (χ2n) is 4.23. The van der Waals surface area contributed by atoms with Gasteiger partial charge in [0.25, 0.3) is 0 Å². The molecule has 2 heterocycles. The lowest BCUT2D eigenvalue weighted by molar-refractivity contribution is -0.118. The Labute approximate surface area is 117 Å². The average molecular weight is 275 g/mol. The largest absolute Gasteiger partial charge is 0.494 e. The Bertz CT molecular complexity index is 596. The van der Waals surface area contributed by atoms with Gasteiger partial charge in [-0.15, -0.1) is 0 Å². The molecule has 106 valence electrons. The first-order valence-electron chi connectivity index (χ1n) is 6.10. The summed E-state index contributed by atoms with van der Waals surface area (Å²) in [5, 5.41) is 9.83. The zero-order chi connectivity index (χ0) is 14.5. The van der Waals surface area contributed by atoms with Crippen LogP contribution in [-0.4, -0.2) is 34.8 Å². The number of amides is 1. The van der Waals surface area contributed by atoms with Crippen LogP contribution in [0.4, 0.5) is 5.69 Å². The lowest BCUT2D eigenvalue weighted by Crippen LogP contribution is -2.30. The highest BCUT2D eigenvalue weighted by Gasteiger charge is 2.21. The van der Waals surface area contributed by atoms with Gasteiger partial charge in [0.2, 0.25) is 5.91 Å². The van der Waals surface area contributed by atoms with Crippen LogP contribution in [0.2, 0.25) is 0 Å². The maximum Gasteiger partial charge on any atom is 0.246 e. The molecule has 0 radical (unpaired) electrons. The van der Waals surface area contributed by atoms with Crippen molar-refractivity contribution in [2.45, 2.75) is 6.04 Å². The average Bonchev–Trinajstić information content (AvgIpc) is 2.86. The molecule has 2 aromatic rings. The minimum atomic E-state index is -0.492. The van der Waals surface area contributed by atoms with Crippen LogP contribution in [-0.2, 0) is 11.8 Å². The number of nitrogens with zero attached hydrogens (tertiary/aromatic N) is 3. The van der Waals surface area contributed by atoms with Gasteiger partial charge in [-0.25, -0.2) is 0 Å². The maximum absolute atomic E-state index is 12.3. The molecule has 0 aliphatic heterocycles. The molecule has 1 amide bonds. The summed E-state index contributed by atoms with van der Waals surface area (Å²) in [5.41, 5.74) is 1.32. The quantitative estimate of drug-likeness (QED) is 0.840. The number of likely N-dealkylation sites (N-methyl/N-ethyl adjacent to an activating group) is 1. The SMILES string of the molecule is CNC(C(=O)Nc1cnccc1OC)c1cnn(C)c1. The van der Waals surface area contributed by atoms with Gasteiger partial charge in [0.05, 0.1) is 19.5 Å². The van der Waals surface area contributed by atoms with Gasteiger partial charge in [-0.1, -0.05) is 0 Å². The van der Waals surface area contributed by atoms with E-state index >= 15 is 0 Å². The molecule has 0 spiro atoms. The number of methoxy groups -OCH3 is 1. The predicted molar refractivity (Wildman–Crippen MR) is 74.4 cm³/mol. The van der Waals surface area contributed by atoms with Gasteiger partial charge in [-0.05, 0) is 7.05 Å². The lowest BCUT2D eigenvalue weighted by atomic mass is 10.1. The molecule has 1 unspecified atom stereocenters. The smallest absolute Gasteiger partial charge is 0.246 e. The molecule has 20 heavy (non-hydrogen) atoms. The van der Waals surface area contributed by atoms with Gasteiger partial charge in [0.15, 0.2) is 0 Å². The number of pyridine rings is 1. The van der Waals surface area contributed by atoms with Crippen molar-refractivity contribution in [3.63, 3.8) is 0 Å². The Morgan fingerprint density at radius 2 is 2.25 bits per heavy atom. The van der Waals surface area contributed by atoms with Crippen molar-refractivity contribution in [1.82, 2.24) is 20.1 Å². The number of aromatic nitrogens is 3. The highest BCUT2D eigenvalue weighted by molar-refractivity contribution is 5.96. The molecule has 0 saturated heterocycles. The van der Waals surface area contributed by atoms with Crippen molar-refractivity contribution >= 4 is 11.6 Å². The van der Waals surface area contributed by atoms with Gasteiger partial charge in [-0.3, -0.25) is 14.5 Å². The van der Waals surface area contributed by atoms with E-state index in [-0.39, 0.29) is 5.91 Å². The van der Waals surface area contributed by atoms with E-state index < -0.39 is 6.04 Å². The van der Waals surface area contributed by atoms with Crippen molar-refractivity contribution < 1.29 is 9.53 Å². The number of ether oxygens (including phenoxy) is 1. The first-order valence-corrected chi connectivity index (χ1v) is 6.10. The molecule has 7 nitrogen and oxygen atoms in total. The van der Waals surface area contributed by atoms with Gasteiger partial charge in [-0.2, -0.15) is 5.10 Å². The summed E-state index contributed by atoms with van der Waals surface area (Å²) in [6.07, 6.45) is 6.60. The predicted octanol–water partition coefficient (Wildman–Crippen LogP) is 0.723. The van der Waals surface area contributed by atoms with E-state index in [2.05, 4.69) is 20.7 Å². The summed E-state index contributed by atoms with van der Waals surface area (Å²) in [5.74, 6) is 0.362. The van der Waals surface area contributed by atoms with Crippen LogP contribution in [0.1, 0.15) is 11.6 Å². The number of hydrogen-bond acceptors (Lipinski definition) is 5. The first kappa shape index (κ1) is 14.0. The second-order valence-corrected chi connectivity index (χ2v) is 4.23. The normalized spacial score (nSPS) is 11.9. The number of nitrogens with one attached hydrogen (secondary N) is 2. The zero-order valence-corrected chi connectivity index (χ0v) is 11.6. The Balaban J connectivity index is 2.17. The molecule has 0 bridgehead atoms. The van der Waals surface area contributed by atoms with Gasteiger partial charge in [0, 0.05) is 31.1 Å². The topological polar surface area (TPSA) is 81.1 Å². The Kier molecular flexibility index (Phi) is 4.31. The lowest BCUT2D eigenvalue weighted by Gasteiger charge is -2.15. The maximum atomic E-state index is 12.3. The van der Waals surface area contributed by atoms with Crippen molar-refractivity contribution in [1.29, 1.82) is 0 Å². The third kappa shape index (κ3) is 2.94. The summed E-state index contributed by atoms with van der Waals surface area (Å²) >= 11 is 0. The summed E-state index contributed by atoms with van der Waals surface area (Å²) in [4.78, 5) is 16.3. The van der Waals surface area contributed by atoms with Crippen LogP contribution in [0.15, 0.2) is 30.9 Å². The molecule has 2 N–H and O–H groups in total. The number of carbonyl (C=O) groups excluding carboxylic acids is 1. The van der Waals surface area contributed by atoms with Gasteiger partial charge >= 0.3 is 0 Å². The summed E-state index contributed by atoms with van der Waals surface area (Å²) < 4.78 is 6.83. The van der Waals surface area contributed by atoms with Crippen LogP contribution < -0.4 is 15.4 Å². The van der Waals surface area contributed by atoms with E-state index in [0.29, 0.717) is 11.4 Å². The molecule has 0 aliphatic rings. The van der Waals surface area contributed by atoms with Crippen LogP contribution in [0.5, 0.6) is 5.75 Å². The van der Waals surface area contributed by atoms with E-state index in [1.165, 1.54) is 0 Å². The van der Waals surface area contributed by atoms with E-state index in [1.807, 2.05) is 0 Å². The third-order valence-corrected chi connectivity index (χ3v) is 2.87. The molecule has 2 rings (SSSR count). The number of hydrogen-bond donors (Lipinski definition) is 2. The Morgan fingerprint density at radius 3 is 2.85 bits per heavy atom. The minimum Gasteiger partial charge on any atom is -0.494 e. The van der Waals surface area contributed by atoms with Crippen LogP contribution in [0, 0.1) is 0 Å². The molecule has 2 aromatic heterocycles. The molecule has 0 fully saturated rings. The number of aryl methyl sites for hydroxylation is 1. The molecular formula is C13H17N5O2. The van der Waals surface area contributed by atoms with Crippen molar-refractivity contribution in [3.05, 3.63) is 36.4 Å². The monoisotopic (exact) mass is 275 g/mol. The fourth-order valence-corrected chi connectivity index (χ4v) is 1.90. The Hall–Kier alpha value is -2.41. The van der Waals surface area contributed by atoms with Gasteiger partial charge < -0.3 is 15.4 Å². The molecule has 0 saturated carbocycles. The van der Waals surface area contributed by atoms with E-state index in [0.717, 1.165) is 5.56 Å². The molecule has 7 heteroatoms. The van der Waals surface area contributed by atoms with E-state index in [1.54, 1.807) is 56.7 Å². The first-order chi connectivity index (χ1) is 9.65. The van der Waals surface area contributed by atoms with Crippen molar-refractivity contribution in [2.75, 3.05) is 19.5 Å². The third-order valence-electron chi connectivity index (χ3n) is 2.87. The van der Waals surface area contributed by atoms with Crippen molar-refractivity contribution in [3.8, 4) is 5.75 Å². The molecule has 0 aromatic carbocycles. The van der Waals surface area contributed by atoms with Crippen LogP contribution in [0.25, 0.3) is 0 Å². The number of anilines is 1. The van der Waals surface area contributed by atoms with Gasteiger partial charge in [0.1, 0.15) is 17.5 Å². The van der Waals surface area contributed by atoms with E-state index in [9.17, 15) is 4.79 Å². The number of carbonyl (C=O) groups is 1. The standard InChI is InChI=1S/C13H17N5O2/c1-14-12(9-6-16-18(2)8-9)13(19)17-10-7-15-5-4-11(10)20-3/h4-8,12,14H,1-3H3,(H,17,19). The minimum absolute atomic E-state index is 0.202. The fraction of sp³-hybridized carbons (Fsp3) is 0.308. The molecule has 0 aliphatic carbocycles. The summed E-state index contributed by atoms with van der Waals surface area (Å²) in [7, 11) is 5.07.